The van der Waals surface area contributed by atoms with Gasteiger partial charge in [0.25, 0.3) is 0 Å². The Kier molecular flexibility index (Phi) is 8.43. The van der Waals surface area contributed by atoms with E-state index >= 15 is 0 Å². The van der Waals surface area contributed by atoms with Gasteiger partial charge in [-0.1, -0.05) is 48.0 Å². The van der Waals surface area contributed by atoms with Crippen molar-refractivity contribution in [1.29, 1.82) is 0 Å². The fraction of sp³-hybridized carbons (Fsp3) is 0.375. The van der Waals surface area contributed by atoms with Gasteiger partial charge in [-0.05, 0) is 48.1 Å². The highest BCUT2D eigenvalue weighted by Crippen LogP contribution is 2.23. The van der Waals surface area contributed by atoms with E-state index in [9.17, 15) is 24.6 Å². The molecule has 8 nitrogen and oxygen atoms in total. The average molecular weight is 475 g/mol. The van der Waals surface area contributed by atoms with Crippen molar-refractivity contribution in [2.24, 2.45) is 0 Å². The minimum absolute atomic E-state index is 0.223. The summed E-state index contributed by atoms with van der Waals surface area (Å²) in [7, 11) is 0. The molecule has 2 aromatic carbocycles. The predicted molar refractivity (Wildman–Crippen MR) is 123 cm³/mol. The number of aliphatic hydroxyl groups excluding tert-OH is 2. The van der Waals surface area contributed by atoms with Crippen LogP contribution in [0.4, 0.5) is 0 Å². The van der Waals surface area contributed by atoms with Crippen LogP contribution in [0.2, 0.25) is 5.02 Å². The SMILES string of the molecule is O=C(NC(Cc1ccc(-c2cccc(Cl)c2)cc1)CC(O)C(=O)O)C(=O)N1CCCC1CO. The van der Waals surface area contributed by atoms with Crippen LogP contribution in [0, 0.1) is 0 Å². The summed E-state index contributed by atoms with van der Waals surface area (Å²) in [4.78, 5) is 37.6. The average Bonchev–Trinajstić information content (AvgIpc) is 3.27. The van der Waals surface area contributed by atoms with Crippen LogP contribution in [-0.4, -0.2) is 69.3 Å². The number of hydrogen-bond donors (Lipinski definition) is 4. The highest BCUT2D eigenvalue weighted by Gasteiger charge is 2.33. The first-order valence-corrected chi connectivity index (χ1v) is 11.1. The third-order valence-electron chi connectivity index (χ3n) is 5.77. The standard InChI is InChI=1S/C24H27ClN2O6/c25-18-4-1-3-17(12-18)16-8-6-15(7-9-16)11-19(13-21(29)24(32)33)26-22(30)23(31)27-10-2-5-20(27)14-28/h1,3-4,6-9,12,19-21,28-29H,2,5,10-11,13-14H2,(H,26,30)(H,32,33). The second-order valence-electron chi connectivity index (χ2n) is 8.15. The van der Waals surface area contributed by atoms with E-state index in [1.165, 1.54) is 4.90 Å². The lowest BCUT2D eigenvalue weighted by molar-refractivity contribution is -0.149. The Morgan fingerprint density at radius 2 is 1.85 bits per heavy atom. The maximum atomic E-state index is 12.6. The number of carbonyl (C=O) groups is 3. The number of carboxylic acid groups (broad SMARTS) is 1. The Bertz CT molecular complexity index is 997. The summed E-state index contributed by atoms with van der Waals surface area (Å²) in [5.74, 6) is -3.05. The van der Waals surface area contributed by atoms with Crippen LogP contribution in [0.15, 0.2) is 48.5 Å². The number of aliphatic hydroxyl groups is 2. The topological polar surface area (TPSA) is 127 Å². The summed E-state index contributed by atoms with van der Waals surface area (Å²) in [5, 5.41) is 31.5. The Hall–Kier alpha value is -2.94. The monoisotopic (exact) mass is 474 g/mol. The number of halogens is 1. The Morgan fingerprint density at radius 3 is 2.48 bits per heavy atom. The second kappa shape index (κ2) is 11.3. The van der Waals surface area contributed by atoms with Gasteiger partial charge in [0.15, 0.2) is 6.10 Å². The molecule has 2 aromatic rings. The van der Waals surface area contributed by atoms with E-state index < -0.39 is 36.0 Å². The van der Waals surface area contributed by atoms with E-state index in [1.54, 1.807) is 6.07 Å². The molecule has 0 aliphatic carbocycles. The number of likely N-dealkylation sites (tertiary alicyclic amines) is 1. The molecule has 0 aromatic heterocycles. The smallest absolute Gasteiger partial charge is 0.332 e. The van der Waals surface area contributed by atoms with E-state index in [0.29, 0.717) is 24.4 Å². The van der Waals surface area contributed by atoms with E-state index in [-0.39, 0.29) is 19.4 Å². The largest absolute Gasteiger partial charge is 0.479 e. The first-order valence-electron chi connectivity index (χ1n) is 10.8. The molecule has 0 spiro atoms. The summed E-state index contributed by atoms with van der Waals surface area (Å²) in [5.41, 5.74) is 2.67. The molecule has 176 valence electrons. The Labute approximate surface area is 196 Å². The van der Waals surface area contributed by atoms with E-state index in [4.69, 9.17) is 16.7 Å². The highest BCUT2D eigenvalue weighted by atomic mass is 35.5. The van der Waals surface area contributed by atoms with Crippen LogP contribution in [0.3, 0.4) is 0 Å². The molecule has 0 radical (unpaired) electrons. The lowest BCUT2D eigenvalue weighted by Crippen LogP contribution is -2.50. The number of carboxylic acids is 1. The van der Waals surface area contributed by atoms with Gasteiger partial charge in [0.2, 0.25) is 0 Å². The molecule has 4 N–H and O–H groups in total. The van der Waals surface area contributed by atoms with Gasteiger partial charge in [-0.15, -0.1) is 0 Å². The molecule has 0 saturated carbocycles. The van der Waals surface area contributed by atoms with Crippen molar-refractivity contribution in [1.82, 2.24) is 10.2 Å². The number of nitrogens with zero attached hydrogens (tertiary/aromatic N) is 1. The Balaban J connectivity index is 1.71. The molecule has 1 heterocycles. The number of aliphatic carboxylic acids is 1. The molecule has 1 aliphatic rings. The summed E-state index contributed by atoms with van der Waals surface area (Å²) in [6, 6.07) is 13.7. The minimum atomic E-state index is -1.69. The number of amides is 2. The van der Waals surface area contributed by atoms with Gasteiger partial charge < -0.3 is 25.5 Å². The third-order valence-corrected chi connectivity index (χ3v) is 6.00. The maximum absolute atomic E-state index is 12.6. The predicted octanol–water partition coefficient (Wildman–Crippen LogP) is 1.85. The van der Waals surface area contributed by atoms with Gasteiger partial charge in [-0.25, -0.2) is 4.79 Å². The Morgan fingerprint density at radius 1 is 1.12 bits per heavy atom. The molecule has 0 bridgehead atoms. The summed E-state index contributed by atoms with van der Waals surface area (Å²) >= 11 is 6.05. The normalized spacial score (nSPS) is 17.4. The van der Waals surface area contributed by atoms with Crippen molar-refractivity contribution in [3.63, 3.8) is 0 Å². The quantitative estimate of drug-likeness (QED) is 0.432. The minimum Gasteiger partial charge on any atom is -0.479 e. The van der Waals surface area contributed by atoms with Gasteiger partial charge in [0.05, 0.1) is 12.6 Å². The van der Waals surface area contributed by atoms with Crippen molar-refractivity contribution in [3.05, 3.63) is 59.1 Å². The summed E-state index contributed by atoms with van der Waals surface area (Å²) in [6.07, 6.45) is -0.399. The molecule has 3 unspecified atom stereocenters. The van der Waals surface area contributed by atoms with Crippen LogP contribution in [0.1, 0.15) is 24.8 Å². The van der Waals surface area contributed by atoms with Crippen molar-refractivity contribution in [2.75, 3.05) is 13.2 Å². The lowest BCUT2D eigenvalue weighted by atomic mass is 9.97. The van der Waals surface area contributed by atoms with Crippen LogP contribution in [-0.2, 0) is 20.8 Å². The van der Waals surface area contributed by atoms with Crippen LogP contribution < -0.4 is 5.32 Å². The molecule has 9 heteroatoms. The number of carbonyl (C=O) groups excluding carboxylic acids is 2. The van der Waals surface area contributed by atoms with Crippen LogP contribution in [0.5, 0.6) is 0 Å². The number of nitrogens with one attached hydrogen (secondary N) is 1. The molecule has 1 fully saturated rings. The first kappa shape index (κ1) is 24.7. The van der Waals surface area contributed by atoms with Crippen molar-refractivity contribution in [2.45, 2.75) is 43.9 Å². The molecule has 2 amide bonds. The fourth-order valence-electron chi connectivity index (χ4n) is 4.02. The molecular weight excluding hydrogens is 448 g/mol. The van der Waals surface area contributed by atoms with Gasteiger partial charge in [0, 0.05) is 24.0 Å². The van der Waals surface area contributed by atoms with Gasteiger partial charge >= 0.3 is 17.8 Å². The van der Waals surface area contributed by atoms with E-state index in [1.807, 2.05) is 42.5 Å². The zero-order chi connectivity index (χ0) is 24.0. The molecule has 3 atom stereocenters. The van der Waals surface area contributed by atoms with Crippen LogP contribution in [0.25, 0.3) is 11.1 Å². The molecule has 33 heavy (non-hydrogen) atoms. The van der Waals surface area contributed by atoms with Crippen molar-refractivity contribution >= 4 is 29.4 Å². The zero-order valence-electron chi connectivity index (χ0n) is 18.0. The van der Waals surface area contributed by atoms with E-state index in [2.05, 4.69) is 5.32 Å². The summed E-state index contributed by atoms with van der Waals surface area (Å²) in [6.45, 7) is 0.157. The van der Waals surface area contributed by atoms with Crippen molar-refractivity contribution in [3.8, 4) is 11.1 Å². The van der Waals surface area contributed by atoms with Gasteiger partial charge in [-0.2, -0.15) is 0 Å². The van der Waals surface area contributed by atoms with Crippen molar-refractivity contribution < 1.29 is 29.7 Å². The fourth-order valence-corrected chi connectivity index (χ4v) is 4.21. The number of benzene rings is 2. The number of hydrogen-bond acceptors (Lipinski definition) is 5. The molecule has 1 saturated heterocycles. The van der Waals surface area contributed by atoms with Crippen LogP contribution >= 0.6 is 11.6 Å². The highest BCUT2D eigenvalue weighted by molar-refractivity contribution is 6.35. The second-order valence-corrected chi connectivity index (χ2v) is 8.59. The third kappa shape index (κ3) is 6.54. The lowest BCUT2D eigenvalue weighted by Gasteiger charge is -2.25. The molecular formula is C24H27ClN2O6. The molecule has 1 aliphatic heterocycles. The first-order chi connectivity index (χ1) is 15.8. The van der Waals surface area contributed by atoms with Gasteiger partial charge in [-0.3, -0.25) is 9.59 Å². The molecule has 3 rings (SSSR count). The van der Waals surface area contributed by atoms with E-state index in [0.717, 1.165) is 16.7 Å². The van der Waals surface area contributed by atoms with Gasteiger partial charge in [0.1, 0.15) is 0 Å². The number of rotatable bonds is 8. The summed E-state index contributed by atoms with van der Waals surface area (Å²) < 4.78 is 0. The zero-order valence-corrected chi connectivity index (χ0v) is 18.7. The maximum Gasteiger partial charge on any atom is 0.332 e.